The lowest BCUT2D eigenvalue weighted by molar-refractivity contribution is 0.0602. The highest BCUT2D eigenvalue weighted by molar-refractivity contribution is 7.89. The molecule has 0 bridgehead atoms. The summed E-state index contributed by atoms with van der Waals surface area (Å²) in [5, 5.41) is 9.04. The van der Waals surface area contributed by atoms with Gasteiger partial charge < -0.3 is 9.84 Å². The van der Waals surface area contributed by atoms with E-state index in [4.69, 9.17) is 5.11 Å². The van der Waals surface area contributed by atoms with Gasteiger partial charge in [0.15, 0.2) is 0 Å². The van der Waals surface area contributed by atoms with Crippen molar-refractivity contribution in [2.24, 2.45) is 0 Å². The molecule has 0 aromatic rings. The van der Waals surface area contributed by atoms with Gasteiger partial charge in [-0.2, -0.15) is 8.78 Å². The third-order valence-corrected chi connectivity index (χ3v) is 2.45. The lowest BCUT2D eigenvalue weighted by Gasteiger charge is -2.09. The van der Waals surface area contributed by atoms with Crippen LogP contribution in [-0.4, -0.2) is 45.6 Å². The van der Waals surface area contributed by atoms with Crippen molar-refractivity contribution in [1.82, 2.24) is 4.72 Å². The van der Waals surface area contributed by atoms with Crippen molar-refractivity contribution in [2.75, 3.05) is 20.3 Å². The molecule has 0 heterocycles. The standard InChI is InChI=1S/C6H13F2NO4S/c1-13-4-5(10)2-3-9-14(11,12)6(7)8/h5-6,9-10H,2-4H2,1H3. The first-order chi connectivity index (χ1) is 6.40. The van der Waals surface area contributed by atoms with E-state index in [1.54, 1.807) is 4.72 Å². The molecule has 0 amide bonds. The number of hydrogen-bond donors (Lipinski definition) is 2. The zero-order valence-electron chi connectivity index (χ0n) is 7.61. The van der Waals surface area contributed by atoms with Crippen molar-refractivity contribution in [3.8, 4) is 0 Å². The average Bonchev–Trinajstić information content (AvgIpc) is 2.04. The summed E-state index contributed by atoms with van der Waals surface area (Å²) in [6.07, 6.45) is -0.833. The Morgan fingerprint density at radius 1 is 1.50 bits per heavy atom. The van der Waals surface area contributed by atoms with Crippen LogP contribution >= 0.6 is 0 Å². The Balaban J connectivity index is 3.74. The van der Waals surface area contributed by atoms with Crippen molar-refractivity contribution in [3.05, 3.63) is 0 Å². The molecule has 2 N–H and O–H groups in total. The van der Waals surface area contributed by atoms with Gasteiger partial charge in [-0.25, -0.2) is 13.1 Å². The van der Waals surface area contributed by atoms with Crippen LogP contribution in [0.2, 0.25) is 0 Å². The molecule has 0 saturated heterocycles. The second kappa shape index (κ2) is 6.23. The van der Waals surface area contributed by atoms with Gasteiger partial charge in [0.05, 0.1) is 12.7 Å². The first kappa shape index (κ1) is 13.7. The third kappa shape index (κ3) is 5.43. The number of halogens is 2. The lowest BCUT2D eigenvalue weighted by Crippen LogP contribution is -2.32. The number of sulfonamides is 1. The van der Waals surface area contributed by atoms with Crippen molar-refractivity contribution >= 4 is 10.0 Å². The van der Waals surface area contributed by atoms with Gasteiger partial charge in [0.2, 0.25) is 0 Å². The van der Waals surface area contributed by atoms with Crippen LogP contribution in [0.15, 0.2) is 0 Å². The molecule has 0 rings (SSSR count). The first-order valence-corrected chi connectivity index (χ1v) is 5.38. The topological polar surface area (TPSA) is 75.6 Å². The SMILES string of the molecule is COCC(O)CCNS(=O)(=O)C(F)F. The van der Waals surface area contributed by atoms with Crippen LogP contribution in [0.1, 0.15) is 6.42 Å². The first-order valence-electron chi connectivity index (χ1n) is 3.83. The van der Waals surface area contributed by atoms with Gasteiger partial charge in [-0.05, 0) is 6.42 Å². The molecule has 0 aliphatic heterocycles. The fourth-order valence-electron chi connectivity index (χ4n) is 0.707. The van der Waals surface area contributed by atoms with Crippen LogP contribution < -0.4 is 4.72 Å². The second-order valence-electron chi connectivity index (χ2n) is 2.60. The molecule has 1 unspecified atom stereocenters. The molecule has 0 saturated carbocycles. The zero-order valence-corrected chi connectivity index (χ0v) is 8.43. The van der Waals surface area contributed by atoms with Gasteiger partial charge in [0, 0.05) is 13.7 Å². The van der Waals surface area contributed by atoms with Crippen LogP contribution in [0.4, 0.5) is 8.78 Å². The highest BCUT2D eigenvalue weighted by atomic mass is 32.2. The van der Waals surface area contributed by atoms with Crippen molar-refractivity contribution in [3.63, 3.8) is 0 Å². The molecule has 0 aromatic heterocycles. The number of methoxy groups -OCH3 is 1. The van der Waals surface area contributed by atoms with Crippen molar-refractivity contribution < 1.29 is 27.0 Å². The quantitative estimate of drug-likeness (QED) is 0.623. The van der Waals surface area contributed by atoms with E-state index >= 15 is 0 Å². The summed E-state index contributed by atoms with van der Waals surface area (Å²) in [6, 6.07) is 0. The Hall–Kier alpha value is -0.310. The predicted molar refractivity (Wildman–Crippen MR) is 45.4 cm³/mol. The second-order valence-corrected chi connectivity index (χ2v) is 4.33. The molecular weight excluding hydrogens is 220 g/mol. The molecule has 14 heavy (non-hydrogen) atoms. The summed E-state index contributed by atoms with van der Waals surface area (Å²) in [5.41, 5.74) is 0. The number of nitrogens with one attached hydrogen (secondary N) is 1. The van der Waals surface area contributed by atoms with Gasteiger partial charge in [0.25, 0.3) is 10.0 Å². The van der Waals surface area contributed by atoms with Crippen LogP contribution in [0.3, 0.4) is 0 Å². The summed E-state index contributed by atoms with van der Waals surface area (Å²) >= 11 is 0. The molecule has 0 fully saturated rings. The minimum atomic E-state index is -4.54. The summed E-state index contributed by atoms with van der Waals surface area (Å²) in [5.74, 6) is -3.44. The van der Waals surface area contributed by atoms with E-state index in [0.717, 1.165) is 0 Å². The fraction of sp³-hybridized carbons (Fsp3) is 1.00. The Kier molecular flexibility index (Phi) is 6.09. The maximum atomic E-state index is 11.7. The normalized spacial score (nSPS) is 14.6. The molecule has 0 spiro atoms. The van der Waals surface area contributed by atoms with Crippen LogP contribution in [0.25, 0.3) is 0 Å². The number of aliphatic hydroxyl groups is 1. The number of alkyl halides is 2. The third-order valence-electron chi connectivity index (χ3n) is 1.37. The number of rotatable bonds is 7. The Bertz CT molecular complexity index is 244. The molecular formula is C6H13F2NO4S. The molecule has 8 heteroatoms. The molecule has 1 atom stereocenters. The van der Waals surface area contributed by atoms with E-state index < -0.39 is 21.9 Å². The fourth-order valence-corrected chi connectivity index (χ4v) is 1.23. The summed E-state index contributed by atoms with van der Waals surface area (Å²) < 4.78 is 50.7. The number of ether oxygens (including phenoxy) is 1. The Morgan fingerprint density at radius 3 is 2.50 bits per heavy atom. The van der Waals surface area contributed by atoms with Crippen LogP contribution in [-0.2, 0) is 14.8 Å². The summed E-state index contributed by atoms with van der Waals surface area (Å²) in [7, 11) is -3.18. The van der Waals surface area contributed by atoms with Gasteiger partial charge >= 0.3 is 5.76 Å². The van der Waals surface area contributed by atoms with Gasteiger partial charge in [-0.1, -0.05) is 0 Å². The highest BCUT2D eigenvalue weighted by Crippen LogP contribution is 2.01. The number of hydrogen-bond acceptors (Lipinski definition) is 4. The predicted octanol–water partition coefficient (Wildman–Crippen LogP) is -0.474. The smallest absolute Gasteiger partial charge is 0.350 e. The van der Waals surface area contributed by atoms with Gasteiger partial charge in [-0.15, -0.1) is 0 Å². The molecule has 0 aliphatic carbocycles. The van der Waals surface area contributed by atoms with Gasteiger partial charge in [0.1, 0.15) is 0 Å². The van der Waals surface area contributed by atoms with Crippen LogP contribution in [0.5, 0.6) is 0 Å². The Labute approximate surface area is 81.1 Å². The maximum Gasteiger partial charge on any atom is 0.350 e. The molecule has 0 radical (unpaired) electrons. The highest BCUT2D eigenvalue weighted by Gasteiger charge is 2.22. The van der Waals surface area contributed by atoms with E-state index in [0.29, 0.717) is 0 Å². The minimum Gasteiger partial charge on any atom is -0.391 e. The maximum absolute atomic E-state index is 11.7. The zero-order chi connectivity index (χ0) is 11.2. The summed E-state index contributed by atoms with van der Waals surface area (Å²) in [6.45, 7) is -0.201. The van der Waals surface area contributed by atoms with E-state index in [1.807, 2.05) is 0 Å². The van der Waals surface area contributed by atoms with Crippen molar-refractivity contribution in [1.29, 1.82) is 0 Å². The molecule has 0 aromatic carbocycles. The molecule has 0 aliphatic rings. The molecule has 86 valence electrons. The van der Waals surface area contributed by atoms with E-state index in [-0.39, 0.29) is 19.6 Å². The largest absolute Gasteiger partial charge is 0.391 e. The molecule has 5 nitrogen and oxygen atoms in total. The van der Waals surface area contributed by atoms with E-state index in [9.17, 15) is 17.2 Å². The van der Waals surface area contributed by atoms with E-state index in [2.05, 4.69) is 4.74 Å². The van der Waals surface area contributed by atoms with Crippen LogP contribution in [0, 0.1) is 0 Å². The minimum absolute atomic E-state index is 0.0276. The van der Waals surface area contributed by atoms with Crippen molar-refractivity contribution in [2.45, 2.75) is 18.3 Å². The monoisotopic (exact) mass is 233 g/mol. The van der Waals surface area contributed by atoms with Gasteiger partial charge in [-0.3, -0.25) is 0 Å². The number of aliphatic hydroxyl groups excluding tert-OH is 1. The van der Waals surface area contributed by atoms with E-state index in [1.165, 1.54) is 7.11 Å². The Morgan fingerprint density at radius 2 is 2.07 bits per heavy atom. The average molecular weight is 233 g/mol. The summed E-state index contributed by atoms with van der Waals surface area (Å²) in [4.78, 5) is 0. The lowest BCUT2D eigenvalue weighted by atomic mass is 10.3.